The predicted molar refractivity (Wildman–Crippen MR) is 92.1 cm³/mol. The molecule has 0 atom stereocenters. The summed E-state index contributed by atoms with van der Waals surface area (Å²) in [5, 5.41) is 7.16. The lowest BCUT2D eigenvalue weighted by Crippen LogP contribution is -1.88. The van der Waals surface area contributed by atoms with E-state index >= 15 is 0 Å². The number of benzene rings is 4. The van der Waals surface area contributed by atoms with Gasteiger partial charge in [0.2, 0.25) is 0 Å². The molecule has 0 bridgehead atoms. The Hall–Kier alpha value is -2.74. The molecule has 0 heterocycles. The van der Waals surface area contributed by atoms with Crippen LogP contribution in [0.3, 0.4) is 0 Å². The third-order valence-electron chi connectivity index (χ3n) is 4.28. The Labute approximate surface area is 128 Å². The molecule has 22 heavy (non-hydrogen) atoms. The van der Waals surface area contributed by atoms with Gasteiger partial charge in [-0.3, -0.25) is 0 Å². The topological polar surface area (TPSA) is 18.5 Å². The summed E-state index contributed by atoms with van der Waals surface area (Å²) in [6, 6.07) is 21.0. The molecule has 2 nitrogen and oxygen atoms in total. The maximum Gasteiger partial charge on any atom is 0.126 e. The van der Waals surface area contributed by atoms with Gasteiger partial charge in [-0.25, -0.2) is 0 Å². The van der Waals surface area contributed by atoms with Crippen LogP contribution < -0.4 is 9.47 Å². The van der Waals surface area contributed by atoms with Crippen molar-refractivity contribution in [2.45, 2.75) is 0 Å². The molecular formula is C20H16O2. The summed E-state index contributed by atoms with van der Waals surface area (Å²) >= 11 is 0. The summed E-state index contributed by atoms with van der Waals surface area (Å²) in [6.07, 6.45) is 0. The normalized spacial score (nSPS) is 11.2. The van der Waals surface area contributed by atoms with Crippen molar-refractivity contribution in [2.75, 3.05) is 14.2 Å². The highest BCUT2D eigenvalue weighted by atomic mass is 16.5. The Kier molecular flexibility index (Phi) is 2.90. The van der Waals surface area contributed by atoms with E-state index in [1.807, 2.05) is 24.3 Å². The van der Waals surface area contributed by atoms with Gasteiger partial charge in [0.15, 0.2) is 0 Å². The van der Waals surface area contributed by atoms with Crippen molar-refractivity contribution in [1.29, 1.82) is 0 Å². The van der Waals surface area contributed by atoms with E-state index in [9.17, 15) is 0 Å². The van der Waals surface area contributed by atoms with Gasteiger partial charge >= 0.3 is 0 Å². The molecule has 0 radical (unpaired) electrons. The fraction of sp³-hybridized carbons (Fsp3) is 0.100. The molecule has 0 N–H and O–H groups in total. The largest absolute Gasteiger partial charge is 0.496 e. The zero-order valence-electron chi connectivity index (χ0n) is 12.6. The first kappa shape index (κ1) is 13.0. The lowest BCUT2D eigenvalue weighted by molar-refractivity contribution is 0.419. The van der Waals surface area contributed by atoms with Crippen molar-refractivity contribution < 1.29 is 9.47 Å². The summed E-state index contributed by atoms with van der Waals surface area (Å²) in [7, 11) is 3.43. The van der Waals surface area contributed by atoms with Gasteiger partial charge in [0.1, 0.15) is 11.5 Å². The van der Waals surface area contributed by atoms with Gasteiger partial charge in [-0.05, 0) is 45.8 Å². The predicted octanol–water partition coefficient (Wildman–Crippen LogP) is 5.16. The van der Waals surface area contributed by atoms with Crippen LogP contribution in [0.2, 0.25) is 0 Å². The minimum absolute atomic E-state index is 0.908. The van der Waals surface area contributed by atoms with E-state index in [1.54, 1.807) is 14.2 Å². The van der Waals surface area contributed by atoms with Crippen molar-refractivity contribution in [1.82, 2.24) is 0 Å². The molecule has 0 amide bonds. The van der Waals surface area contributed by atoms with Gasteiger partial charge in [-0.2, -0.15) is 0 Å². The molecule has 4 aromatic rings. The van der Waals surface area contributed by atoms with Crippen LogP contribution in [0.4, 0.5) is 0 Å². The quantitative estimate of drug-likeness (QED) is 0.474. The van der Waals surface area contributed by atoms with E-state index in [2.05, 4.69) is 36.4 Å². The standard InChI is InChI=1S/C20H16O2/c1-21-19-7-3-5-13-15-10-12-18-14(6-4-8-20(18)22-2)16(15)9-11-17(13)19/h3-12H,1-2H3. The molecule has 0 saturated heterocycles. The first-order chi connectivity index (χ1) is 10.8. The molecule has 0 unspecified atom stereocenters. The van der Waals surface area contributed by atoms with Crippen molar-refractivity contribution in [3.63, 3.8) is 0 Å². The van der Waals surface area contributed by atoms with E-state index in [0.29, 0.717) is 0 Å². The van der Waals surface area contributed by atoms with Crippen LogP contribution in [-0.2, 0) is 0 Å². The Bertz CT molecular complexity index is 919. The summed E-state index contributed by atoms with van der Waals surface area (Å²) in [5.74, 6) is 1.82. The summed E-state index contributed by atoms with van der Waals surface area (Å²) < 4.78 is 11.0. The average Bonchev–Trinajstić information content (AvgIpc) is 2.59. The molecule has 0 aliphatic carbocycles. The number of hydrogen-bond donors (Lipinski definition) is 0. The van der Waals surface area contributed by atoms with Gasteiger partial charge < -0.3 is 9.47 Å². The first-order valence-electron chi connectivity index (χ1n) is 7.28. The maximum atomic E-state index is 5.48. The first-order valence-corrected chi connectivity index (χ1v) is 7.28. The Morgan fingerprint density at radius 3 is 1.23 bits per heavy atom. The smallest absolute Gasteiger partial charge is 0.126 e. The average molecular weight is 288 g/mol. The van der Waals surface area contributed by atoms with Gasteiger partial charge in [-0.1, -0.05) is 36.4 Å². The molecule has 108 valence electrons. The Balaban J connectivity index is 2.18. The van der Waals surface area contributed by atoms with Crippen LogP contribution in [-0.4, -0.2) is 14.2 Å². The maximum absolute atomic E-state index is 5.48. The molecule has 0 saturated carbocycles. The van der Waals surface area contributed by atoms with Crippen LogP contribution in [0, 0.1) is 0 Å². The van der Waals surface area contributed by atoms with E-state index in [1.165, 1.54) is 21.5 Å². The molecule has 4 rings (SSSR count). The number of methoxy groups -OCH3 is 2. The van der Waals surface area contributed by atoms with Crippen LogP contribution >= 0.6 is 0 Å². The minimum atomic E-state index is 0.908. The molecule has 0 aliphatic rings. The number of rotatable bonds is 2. The number of hydrogen-bond acceptors (Lipinski definition) is 2. The van der Waals surface area contributed by atoms with E-state index in [0.717, 1.165) is 22.3 Å². The zero-order valence-corrected chi connectivity index (χ0v) is 12.6. The summed E-state index contributed by atoms with van der Waals surface area (Å²) in [6.45, 7) is 0. The molecular weight excluding hydrogens is 272 g/mol. The fourth-order valence-electron chi connectivity index (χ4n) is 3.24. The molecule has 4 aromatic carbocycles. The van der Waals surface area contributed by atoms with Crippen molar-refractivity contribution in [3.8, 4) is 11.5 Å². The van der Waals surface area contributed by atoms with Crippen LogP contribution in [0.1, 0.15) is 0 Å². The zero-order chi connectivity index (χ0) is 15.1. The molecule has 0 aliphatic heterocycles. The van der Waals surface area contributed by atoms with E-state index in [-0.39, 0.29) is 0 Å². The van der Waals surface area contributed by atoms with Crippen LogP contribution in [0.15, 0.2) is 60.7 Å². The molecule has 0 spiro atoms. The summed E-state index contributed by atoms with van der Waals surface area (Å²) in [5.41, 5.74) is 0. The van der Waals surface area contributed by atoms with Gasteiger partial charge in [0.05, 0.1) is 14.2 Å². The Morgan fingerprint density at radius 1 is 0.455 bits per heavy atom. The second kappa shape index (κ2) is 4.92. The lowest BCUT2D eigenvalue weighted by Gasteiger charge is -2.11. The van der Waals surface area contributed by atoms with Crippen LogP contribution in [0.5, 0.6) is 11.5 Å². The van der Waals surface area contributed by atoms with Crippen molar-refractivity contribution in [2.24, 2.45) is 0 Å². The number of fused-ring (bicyclic) bond motifs is 5. The second-order valence-corrected chi connectivity index (χ2v) is 5.34. The Morgan fingerprint density at radius 2 is 0.818 bits per heavy atom. The van der Waals surface area contributed by atoms with E-state index in [4.69, 9.17) is 9.47 Å². The second-order valence-electron chi connectivity index (χ2n) is 5.34. The van der Waals surface area contributed by atoms with Crippen molar-refractivity contribution >= 4 is 32.3 Å². The SMILES string of the molecule is COc1cccc2c1ccc1c3cccc(OC)c3ccc21. The third-order valence-corrected chi connectivity index (χ3v) is 4.28. The van der Waals surface area contributed by atoms with Gasteiger partial charge in [-0.15, -0.1) is 0 Å². The number of ether oxygens (including phenoxy) is 2. The monoisotopic (exact) mass is 288 g/mol. The highest BCUT2D eigenvalue weighted by molar-refractivity contribution is 6.18. The van der Waals surface area contributed by atoms with Crippen molar-refractivity contribution in [3.05, 3.63) is 60.7 Å². The molecule has 0 aromatic heterocycles. The highest BCUT2D eigenvalue weighted by Gasteiger charge is 2.09. The van der Waals surface area contributed by atoms with Gasteiger partial charge in [0, 0.05) is 10.8 Å². The van der Waals surface area contributed by atoms with Crippen LogP contribution in [0.25, 0.3) is 32.3 Å². The van der Waals surface area contributed by atoms with E-state index < -0.39 is 0 Å². The molecule has 2 heteroatoms. The fourth-order valence-corrected chi connectivity index (χ4v) is 3.24. The highest BCUT2D eigenvalue weighted by Crippen LogP contribution is 2.37. The third kappa shape index (κ3) is 1.74. The minimum Gasteiger partial charge on any atom is -0.496 e. The molecule has 0 fully saturated rings. The van der Waals surface area contributed by atoms with Gasteiger partial charge in [0.25, 0.3) is 0 Å². The summed E-state index contributed by atoms with van der Waals surface area (Å²) in [4.78, 5) is 0. The lowest BCUT2D eigenvalue weighted by atomic mass is 9.96.